The zero-order valence-corrected chi connectivity index (χ0v) is 18.7. The van der Waals surface area contributed by atoms with Crippen molar-refractivity contribution in [1.82, 2.24) is 4.98 Å². The van der Waals surface area contributed by atoms with Gasteiger partial charge in [0.1, 0.15) is 10.8 Å². The number of nitrogens with zero attached hydrogens (tertiary/aromatic N) is 1. The lowest BCUT2D eigenvalue weighted by Gasteiger charge is -2.18. The van der Waals surface area contributed by atoms with Gasteiger partial charge < -0.3 is 4.55 Å². The summed E-state index contributed by atoms with van der Waals surface area (Å²) in [7, 11) is -3.84. The highest BCUT2D eigenvalue weighted by Gasteiger charge is 2.35. The van der Waals surface area contributed by atoms with Gasteiger partial charge in [0.2, 0.25) is 19.1 Å². The first-order valence-electron chi connectivity index (χ1n) is 9.18. The van der Waals surface area contributed by atoms with E-state index in [2.05, 4.69) is 4.98 Å². The number of sulfone groups is 1. The molecule has 1 fully saturated rings. The van der Waals surface area contributed by atoms with E-state index in [4.69, 9.17) is 11.6 Å². The average molecular weight is 446 g/mol. The van der Waals surface area contributed by atoms with E-state index in [-0.39, 0.29) is 21.8 Å². The standard InChI is InChI=1S/C19H24ClNO3S3/c1-13(2)12-26(22)19-18(21-17(25-19)14-6-4-3-5-7-14)27(23,24)16-10-8-15(20)9-11-16/h8-11,13-14H,3-7,12H2,1-2H3. The largest absolute Gasteiger partial charge is 0.611 e. The number of rotatable bonds is 6. The molecule has 0 amide bonds. The van der Waals surface area contributed by atoms with Crippen molar-refractivity contribution >= 4 is 44.0 Å². The molecule has 148 valence electrons. The van der Waals surface area contributed by atoms with Crippen LogP contribution < -0.4 is 0 Å². The Labute approximate surface area is 173 Å². The Morgan fingerprint density at radius 2 is 1.85 bits per heavy atom. The van der Waals surface area contributed by atoms with Gasteiger partial charge in [-0.25, -0.2) is 13.4 Å². The second-order valence-electron chi connectivity index (χ2n) is 7.34. The van der Waals surface area contributed by atoms with Gasteiger partial charge in [-0.2, -0.15) is 0 Å². The number of halogens is 1. The zero-order chi connectivity index (χ0) is 19.6. The highest BCUT2D eigenvalue weighted by Crippen LogP contribution is 2.40. The molecule has 1 saturated carbocycles. The van der Waals surface area contributed by atoms with E-state index in [9.17, 15) is 13.0 Å². The van der Waals surface area contributed by atoms with Gasteiger partial charge in [0.15, 0.2) is 0 Å². The second kappa shape index (κ2) is 8.82. The molecule has 1 aromatic heterocycles. The molecule has 8 heteroatoms. The summed E-state index contributed by atoms with van der Waals surface area (Å²) in [4.78, 5) is 4.67. The molecule has 0 radical (unpaired) electrons. The monoisotopic (exact) mass is 445 g/mol. The summed E-state index contributed by atoms with van der Waals surface area (Å²) in [5.74, 6) is 0.903. The van der Waals surface area contributed by atoms with Crippen molar-refractivity contribution < 1.29 is 13.0 Å². The molecule has 0 bridgehead atoms. The van der Waals surface area contributed by atoms with Gasteiger partial charge in [-0.3, -0.25) is 0 Å². The summed E-state index contributed by atoms with van der Waals surface area (Å²) in [6, 6.07) is 6.06. The molecule has 1 atom stereocenters. The SMILES string of the molecule is CC(C)C[S+]([O-])c1sc(C2CCCCC2)nc1S(=O)(=O)c1ccc(Cl)cc1. The van der Waals surface area contributed by atoms with Crippen molar-refractivity contribution in [3.8, 4) is 0 Å². The third-order valence-electron chi connectivity index (χ3n) is 4.61. The number of thiazole rings is 1. The summed E-state index contributed by atoms with van der Waals surface area (Å²) in [5.41, 5.74) is 0. The molecule has 1 aliphatic carbocycles. The maximum atomic E-state index is 13.2. The lowest BCUT2D eigenvalue weighted by molar-refractivity contribution is 0.441. The molecule has 1 unspecified atom stereocenters. The average Bonchev–Trinajstić information content (AvgIpc) is 3.09. The molecule has 1 aliphatic rings. The third-order valence-corrected chi connectivity index (χ3v) is 10.2. The number of hydrogen-bond acceptors (Lipinski definition) is 5. The van der Waals surface area contributed by atoms with E-state index in [0.717, 1.165) is 30.7 Å². The van der Waals surface area contributed by atoms with Crippen LogP contribution in [0.5, 0.6) is 0 Å². The maximum absolute atomic E-state index is 13.2. The zero-order valence-electron chi connectivity index (χ0n) is 15.5. The predicted molar refractivity (Wildman–Crippen MR) is 111 cm³/mol. The summed E-state index contributed by atoms with van der Waals surface area (Å²) in [6.45, 7) is 3.96. The van der Waals surface area contributed by atoms with E-state index in [1.165, 1.54) is 29.9 Å². The summed E-state index contributed by atoms with van der Waals surface area (Å²) in [5, 5.41) is 1.25. The molecular formula is C19H24ClNO3S3. The Hall–Kier alpha value is -0.600. The highest BCUT2D eigenvalue weighted by atomic mass is 35.5. The van der Waals surface area contributed by atoms with Crippen molar-refractivity contribution in [3.05, 3.63) is 34.3 Å². The molecule has 0 spiro atoms. The van der Waals surface area contributed by atoms with Gasteiger partial charge in [0.25, 0.3) is 0 Å². The summed E-state index contributed by atoms with van der Waals surface area (Å²) in [6.07, 6.45) is 5.51. The summed E-state index contributed by atoms with van der Waals surface area (Å²) >= 11 is 5.84. The topological polar surface area (TPSA) is 70.1 Å². The Kier molecular flexibility index (Phi) is 6.90. The Morgan fingerprint density at radius 1 is 1.22 bits per heavy atom. The van der Waals surface area contributed by atoms with Gasteiger partial charge in [-0.05, 0) is 54.2 Å². The second-order valence-corrected chi connectivity index (χ2v) is 12.4. The molecule has 0 aliphatic heterocycles. The minimum atomic E-state index is -3.84. The van der Waals surface area contributed by atoms with E-state index in [1.807, 2.05) is 13.8 Å². The van der Waals surface area contributed by atoms with Crippen LogP contribution in [0.4, 0.5) is 0 Å². The van der Waals surface area contributed by atoms with Crippen LogP contribution in [-0.2, 0) is 21.0 Å². The van der Waals surface area contributed by atoms with Crippen LogP contribution in [0.2, 0.25) is 5.02 Å². The molecule has 2 aromatic rings. The Bertz CT molecular complexity index is 872. The molecule has 0 saturated heterocycles. The van der Waals surface area contributed by atoms with Gasteiger partial charge in [-0.1, -0.05) is 56.0 Å². The molecule has 4 nitrogen and oxygen atoms in total. The normalized spacial score (nSPS) is 17.4. The number of hydrogen-bond donors (Lipinski definition) is 0. The Morgan fingerprint density at radius 3 is 2.44 bits per heavy atom. The van der Waals surface area contributed by atoms with Crippen molar-refractivity contribution in [3.63, 3.8) is 0 Å². The first-order valence-corrected chi connectivity index (χ1v) is 13.2. The molecule has 3 rings (SSSR count). The van der Waals surface area contributed by atoms with Crippen molar-refractivity contribution in [1.29, 1.82) is 0 Å². The minimum Gasteiger partial charge on any atom is -0.611 e. The predicted octanol–water partition coefficient (Wildman–Crippen LogP) is 5.44. The quantitative estimate of drug-likeness (QED) is 0.555. The molecule has 27 heavy (non-hydrogen) atoms. The van der Waals surface area contributed by atoms with Gasteiger partial charge in [0, 0.05) is 10.9 Å². The lowest BCUT2D eigenvalue weighted by atomic mass is 9.90. The number of benzene rings is 1. The third kappa shape index (κ3) is 4.88. The smallest absolute Gasteiger partial charge is 0.246 e. The maximum Gasteiger partial charge on any atom is 0.246 e. The first kappa shape index (κ1) is 21.1. The highest BCUT2D eigenvalue weighted by molar-refractivity contribution is 7.96. The number of aromatic nitrogens is 1. The summed E-state index contributed by atoms with van der Waals surface area (Å²) < 4.78 is 39.7. The van der Waals surface area contributed by atoms with E-state index < -0.39 is 21.0 Å². The molecule has 0 N–H and O–H groups in total. The van der Waals surface area contributed by atoms with Crippen molar-refractivity contribution in [2.75, 3.05) is 5.75 Å². The minimum absolute atomic E-state index is 0.0330. The van der Waals surface area contributed by atoms with Crippen LogP contribution in [0.15, 0.2) is 38.4 Å². The molecule has 1 heterocycles. The fraction of sp³-hybridized carbons (Fsp3) is 0.526. The van der Waals surface area contributed by atoms with Crippen LogP contribution in [0.25, 0.3) is 0 Å². The van der Waals surface area contributed by atoms with E-state index in [0.29, 0.717) is 15.0 Å². The molecule has 1 aromatic carbocycles. The van der Waals surface area contributed by atoms with Gasteiger partial charge >= 0.3 is 0 Å². The first-order chi connectivity index (χ1) is 12.8. The molecular weight excluding hydrogens is 422 g/mol. The van der Waals surface area contributed by atoms with Crippen LogP contribution in [0, 0.1) is 5.92 Å². The van der Waals surface area contributed by atoms with Crippen LogP contribution in [0.3, 0.4) is 0 Å². The van der Waals surface area contributed by atoms with Crippen LogP contribution >= 0.6 is 22.9 Å². The lowest BCUT2D eigenvalue weighted by Crippen LogP contribution is -2.14. The Balaban J connectivity index is 2.05. The van der Waals surface area contributed by atoms with E-state index >= 15 is 0 Å². The van der Waals surface area contributed by atoms with Crippen LogP contribution in [-0.4, -0.2) is 23.7 Å². The van der Waals surface area contributed by atoms with Crippen LogP contribution in [0.1, 0.15) is 56.9 Å². The van der Waals surface area contributed by atoms with Gasteiger partial charge in [-0.15, -0.1) is 0 Å². The fourth-order valence-corrected chi connectivity index (χ4v) is 8.34. The van der Waals surface area contributed by atoms with E-state index in [1.54, 1.807) is 12.1 Å². The van der Waals surface area contributed by atoms with Crippen molar-refractivity contribution in [2.24, 2.45) is 5.92 Å². The van der Waals surface area contributed by atoms with Crippen molar-refractivity contribution in [2.45, 2.75) is 66.0 Å². The fourth-order valence-electron chi connectivity index (χ4n) is 3.25. The van der Waals surface area contributed by atoms with Gasteiger partial charge in [0.05, 0.1) is 4.90 Å².